The third kappa shape index (κ3) is 8.50. The Labute approximate surface area is 193 Å². The van der Waals surface area contributed by atoms with Crippen molar-refractivity contribution < 1.29 is 19.0 Å². The normalized spacial score (nSPS) is 11.3. The number of hydrogen-bond acceptors (Lipinski definition) is 5. The molecule has 2 rings (SSSR count). The number of benzene rings is 1. The van der Waals surface area contributed by atoms with Crippen molar-refractivity contribution in [3.05, 3.63) is 33.7 Å². The van der Waals surface area contributed by atoms with Crippen LogP contribution in [0.3, 0.4) is 0 Å². The standard InChI is InChI=1S/C27H42O5/c1-4-5-6-7-8-9-10-11-12-13-14-15-16-17-22-18-23(28)26-24(29)19-25(31-20-30-3)21(2)27(26)32-22/h18-19,29H,4-17,20H2,1-3H3. The van der Waals surface area contributed by atoms with Crippen molar-refractivity contribution >= 4 is 11.0 Å². The number of fused-ring (bicyclic) bond motifs is 1. The average molecular weight is 447 g/mol. The molecule has 0 fully saturated rings. The van der Waals surface area contributed by atoms with Gasteiger partial charge in [-0.05, 0) is 13.3 Å². The Hall–Kier alpha value is -2.01. The highest BCUT2D eigenvalue weighted by Gasteiger charge is 2.16. The average Bonchev–Trinajstić information content (AvgIpc) is 2.78. The van der Waals surface area contributed by atoms with E-state index in [2.05, 4.69) is 6.92 Å². The van der Waals surface area contributed by atoms with Gasteiger partial charge in [-0.25, -0.2) is 0 Å². The highest BCUT2D eigenvalue weighted by Crippen LogP contribution is 2.33. The molecule has 180 valence electrons. The monoisotopic (exact) mass is 446 g/mol. The predicted octanol–water partition coefficient (Wildman–Crippen LogP) is 7.42. The molecule has 32 heavy (non-hydrogen) atoms. The van der Waals surface area contributed by atoms with E-state index < -0.39 is 0 Å². The van der Waals surface area contributed by atoms with Gasteiger partial charge in [-0.1, -0.05) is 84.0 Å². The number of phenolic OH excluding ortho intramolecular Hbond substituents is 1. The zero-order valence-corrected chi connectivity index (χ0v) is 20.3. The summed E-state index contributed by atoms with van der Waals surface area (Å²) in [5.74, 6) is 0.994. The van der Waals surface area contributed by atoms with Gasteiger partial charge in [0, 0.05) is 31.2 Å². The molecule has 1 aromatic heterocycles. The molecule has 0 atom stereocenters. The van der Waals surface area contributed by atoms with Crippen LogP contribution in [0.2, 0.25) is 0 Å². The fourth-order valence-corrected chi connectivity index (χ4v) is 4.18. The maximum atomic E-state index is 12.5. The van der Waals surface area contributed by atoms with Crippen LogP contribution in [0.25, 0.3) is 11.0 Å². The molecule has 0 amide bonds. The summed E-state index contributed by atoms with van der Waals surface area (Å²) in [6, 6.07) is 2.96. The first-order chi connectivity index (χ1) is 15.6. The van der Waals surface area contributed by atoms with Crippen LogP contribution in [0, 0.1) is 6.92 Å². The lowest BCUT2D eigenvalue weighted by molar-refractivity contribution is 0.0505. The Morgan fingerprint density at radius 1 is 0.875 bits per heavy atom. The molecule has 2 aromatic rings. The van der Waals surface area contributed by atoms with Crippen LogP contribution < -0.4 is 10.2 Å². The topological polar surface area (TPSA) is 68.9 Å². The number of phenols is 1. The van der Waals surface area contributed by atoms with Crippen LogP contribution in [0.15, 0.2) is 21.3 Å². The van der Waals surface area contributed by atoms with Crippen molar-refractivity contribution in [3.63, 3.8) is 0 Å². The van der Waals surface area contributed by atoms with Gasteiger partial charge in [0.05, 0.1) is 0 Å². The van der Waals surface area contributed by atoms with Gasteiger partial charge in [0.2, 0.25) is 0 Å². The van der Waals surface area contributed by atoms with Crippen LogP contribution in [-0.4, -0.2) is 19.0 Å². The maximum absolute atomic E-state index is 12.5. The van der Waals surface area contributed by atoms with Gasteiger partial charge in [0.25, 0.3) is 0 Å². The Balaban J connectivity index is 1.73. The second-order valence-corrected chi connectivity index (χ2v) is 8.84. The van der Waals surface area contributed by atoms with Crippen molar-refractivity contribution in [1.82, 2.24) is 0 Å². The van der Waals surface area contributed by atoms with E-state index >= 15 is 0 Å². The number of methoxy groups -OCH3 is 1. The van der Waals surface area contributed by atoms with E-state index in [0.717, 1.165) is 19.3 Å². The third-order valence-corrected chi connectivity index (χ3v) is 6.09. The molecule has 0 bridgehead atoms. The highest BCUT2D eigenvalue weighted by molar-refractivity contribution is 5.87. The fourth-order valence-electron chi connectivity index (χ4n) is 4.18. The van der Waals surface area contributed by atoms with Gasteiger partial charge in [-0.2, -0.15) is 0 Å². The maximum Gasteiger partial charge on any atom is 0.196 e. The molecule has 5 heteroatoms. The molecule has 0 saturated heterocycles. The minimum absolute atomic E-state index is 0.0642. The zero-order chi connectivity index (χ0) is 23.2. The van der Waals surface area contributed by atoms with Crippen LogP contribution in [0.1, 0.15) is 102 Å². The van der Waals surface area contributed by atoms with Gasteiger partial charge < -0.3 is 19.0 Å². The minimum atomic E-state index is -0.213. The number of aromatic hydroxyl groups is 1. The van der Waals surface area contributed by atoms with E-state index in [1.54, 1.807) is 0 Å². The number of rotatable bonds is 17. The van der Waals surface area contributed by atoms with E-state index in [1.807, 2.05) is 6.92 Å². The summed E-state index contributed by atoms with van der Waals surface area (Å²) < 4.78 is 16.4. The van der Waals surface area contributed by atoms with E-state index in [0.29, 0.717) is 22.7 Å². The Kier molecular flexibility index (Phi) is 12.3. The molecule has 0 aliphatic rings. The lowest BCUT2D eigenvalue weighted by Gasteiger charge is -2.12. The molecule has 1 N–H and O–H groups in total. The van der Waals surface area contributed by atoms with Crippen molar-refractivity contribution in [3.8, 4) is 11.5 Å². The SMILES string of the molecule is CCCCCCCCCCCCCCCc1cc(=O)c2c(O)cc(OCOC)c(C)c2o1. The third-order valence-electron chi connectivity index (χ3n) is 6.09. The van der Waals surface area contributed by atoms with E-state index in [1.165, 1.54) is 89.9 Å². The number of aryl methyl sites for hydroxylation is 2. The summed E-state index contributed by atoms with van der Waals surface area (Å²) in [5.41, 5.74) is 0.877. The quantitative estimate of drug-likeness (QED) is 0.202. The number of unbranched alkanes of at least 4 members (excludes halogenated alkanes) is 12. The summed E-state index contributed by atoms with van der Waals surface area (Å²) in [5, 5.41) is 10.5. The van der Waals surface area contributed by atoms with Gasteiger partial charge in [0.1, 0.15) is 28.2 Å². The van der Waals surface area contributed by atoms with Crippen LogP contribution in [0.4, 0.5) is 0 Å². The summed E-state index contributed by atoms with van der Waals surface area (Å²) in [7, 11) is 1.53. The summed E-state index contributed by atoms with van der Waals surface area (Å²) in [4.78, 5) is 12.5. The molecule has 0 saturated carbocycles. The lowest BCUT2D eigenvalue weighted by Crippen LogP contribution is -2.06. The molecule has 0 radical (unpaired) electrons. The lowest BCUT2D eigenvalue weighted by atomic mass is 10.0. The van der Waals surface area contributed by atoms with Gasteiger partial charge in [-0.15, -0.1) is 0 Å². The van der Waals surface area contributed by atoms with Crippen LogP contribution in [0.5, 0.6) is 11.5 Å². The first kappa shape index (κ1) is 26.2. The van der Waals surface area contributed by atoms with Gasteiger partial charge >= 0.3 is 0 Å². The predicted molar refractivity (Wildman–Crippen MR) is 131 cm³/mol. The molecule has 0 unspecified atom stereocenters. The van der Waals surface area contributed by atoms with Gasteiger partial charge in [0.15, 0.2) is 12.2 Å². The molecular weight excluding hydrogens is 404 g/mol. The Morgan fingerprint density at radius 3 is 2.00 bits per heavy atom. The molecule has 0 spiro atoms. The second-order valence-electron chi connectivity index (χ2n) is 8.84. The second kappa shape index (κ2) is 14.9. The number of ether oxygens (including phenoxy) is 2. The molecule has 0 aliphatic heterocycles. The van der Waals surface area contributed by atoms with Crippen molar-refractivity contribution in [2.45, 2.75) is 104 Å². The van der Waals surface area contributed by atoms with Crippen molar-refractivity contribution in [2.24, 2.45) is 0 Å². The van der Waals surface area contributed by atoms with E-state index in [9.17, 15) is 9.90 Å². The highest BCUT2D eigenvalue weighted by atomic mass is 16.7. The zero-order valence-electron chi connectivity index (χ0n) is 20.3. The summed E-state index contributed by atoms with van der Waals surface area (Å²) >= 11 is 0. The molecule has 1 heterocycles. The van der Waals surface area contributed by atoms with Gasteiger partial charge in [-0.3, -0.25) is 4.79 Å². The number of hydrogen-bond donors (Lipinski definition) is 1. The van der Waals surface area contributed by atoms with Crippen LogP contribution >= 0.6 is 0 Å². The fraction of sp³-hybridized carbons (Fsp3) is 0.667. The summed E-state index contributed by atoms with van der Waals surface area (Å²) in [6.07, 6.45) is 17.7. The largest absolute Gasteiger partial charge is 0.507 e. The van der Waals surface area contributed by atoms with Crippen molar-refractivity contribution in [1.29, 1.82) is 0 Å². The van der Waals surface area contributed by atoms with Crippen molar-refractivity contribution in [2.75, 3.05) is 13.9 Å². The Morgan fingerprint density at radius 2 is 1.44 bits per heavy atom. The van der Waals surface area contributed by atoms with Crippen LogP contribution in [-0.2, 0) is 11.2 Å². The molecule has 5 nitrogen and oxygen atoms in total. The van der Waals surface area contributed by atoms with E-state index in [4.69, 9.17) is 13.9 Å². The van der Waals surface area contributed by atoms with E-state index in [-0.39, 0.29) is 23.4 Å². The molecule has 0 aliphatic carbocycles. The minimum Gasteiger partial charge on any atom is -0.507 e. The first-order valence-electron chi connectivity index (χ1n) is 12.5. The first-order valence-corrected chi connectivity index (χ1v) is 12.5. The summed E-state index contributed by atoms with van der Waals surface area (Å²) in [6.45, 7) is 4.15. The molecule has 1 aromatic carbocycles. The smallest absolute Gasteiger partial charge is 0.196 e. The Bertz CT molecular complexity index is 855. The molecular formula is C27H42O5.